The van der Waals surface area contributed by atoms with Gasteiger partial charge in [-0.25, -0.2) is 0 Å². The van der Waals surface area contributed by atoms with Crippen LogP contribution >= 0.6 is 15.9 Å². The molecule has 0 bridgehead atoms. The van der Waals surface area contributed by atoms with Gasteiger partial charge in [-0.2, -0.15) is 0 Å². The zero-order chi connectivity index (χ0) is 15.7. The van der Waals surface area contributed by atoms with E-state index in [1.54, 1.807) is 0 Å². The number of alkyl halides is 1. The van der Waals surface area contributed by atoms with Gasteiger partial charge in [0.25, 0.3) is 0 Å². The monoisotopic (exact) mass is 355 g/mol. The number of hydrogen-bond donors (Lipinski definition) is 1. The summed E-state index contributed by atoms with van der Waals surface area (Å²) in [6.07, 6.45) is 4.07. The summed E-state index contributed by atoms with van der Waals surface area (Å²) >= 11 is 3.46. The Hall–Kier alpha value is -1.03. The average molecular weight is 356 g/mol. The normalized spacial score (nSPS) is 12.0. The van der Waals surface area contributed by atoms with Crippen molar-refractivity contribution in [2.75, 3.05) is 11.9 Å². The van der Waals surface area contributed by atoms with E-state index in [1.807, 2.05) is 25.1 Å². The van der Waals surface area contributed by atoms with Gasteiger partial charge in [-0.05, 0) is 38.0 Å². The second kappa shape index (κ2) is 9.82. The Balaban J connectivity index is 2.75. The number of unbranched alkanes of at least 4 members (excludes halogenated alkanes) is 1. The maximum absolute atomic E-state index is 12.3. The summed E-state index contributed by atoms with van der Waals surface area (Å²) in [4.78, 5) is 12.3. The summed E-state index contributed by atoms with van der Waals surface area (Å²) < 4.78 is 5.57. The largest absolute Gasteiger partial charge is 0.494 e. The quantitative estimate of drug-likeness (QED) is 0.623. The van der Waals surface area contributed by atoms with Crippen LogP contribution in [0.15, 0.2) is 18.2 Å². The molecule has 3 nitrogen and oxygen atoms in total. The Morgan fingerprint density at radius 2 is 2.10 bits per heavy atom. The number of carbonyl (C=O) groups excluding carboxylic acids is 1. The molecular weight excluding hydrogens is 330 g/mol. The summed E-state index contributed by atoms with van der Waals surface area (Å²) in [5.74, 6) is 1.09. The molecular formula is C17H26BrNO2. The van der Waals surface area contributed by atoms with Crippen LogP contribution in [0.1, 0.15) is 52.0 Å². The van der Waals surface area contributed by atoms with Gasteiger partial charge in [-0.3, -0.25) is 4.79 Å². The number of hydrogen-bond acceptors (Lipinski definition) is 2. The molecule has 21 heavy (non-hydrogen) atoms. The van der Waals surface area contributed by atoms with Crippen LogP contribution in [0, 0.1) is 5.92 Å². The molecule has 0 radical (unpaired) electrons. The fourth-order valence-electron chi connectivity index (χ4n) is 2.27. The van der Waals surface area contributed by atoms with Crippen LogP contribution in [-0.2, 0) is 10.1 Å². The Labute approximate surface area is 136 Å². The number of carbonyl (C=O) groups is 1. The minimum absolute atomic E-state index is 0.101. The van der Waals surface area contributed by atoms with Crippen molar-refractivity contribution >= 4 is 27.5 Å². The molecule has 4 heteroatoms. The molecule has 0 fully saturated rings. The van der Waals surface area contributed by atoms with Gasteiger partial charge in [-0.1, -0.05) is 42.6 Å². The first-order valence-corrected chi connectivity index (χ1v) is 8.90. The molecule has 1 aromatic carbocycles. The maximum Gasteiger partial charge on any atom is 0.227 e. The number of nitrogens with one attached hydrogen (secondary N) is 1. The van der Waals surface area contributed by atoms with Crippen molar-refractivity contribution in [3.8, 4) is 5.75 Å². The van der Waals surface area contributed by atoms with Gasteiger partial charge in [0.15, 0.2) is 0 Å². The smallest absolute Gasteiger partial charge is 0.227 e. The van der Waals surface area contributed by atoms with Crippen LogP contribution in [-0.4, -0.2) is 12.5 Å². The van der Waals surface area contributed by atoms with E-state index in [0.717, 1.165) is 42.7 Å². The number of amides is 1. The third kappa shape index (κ3) is 5.70. The fourth-order valence-corrected chi connectivity index (χ4v) is 2.71. The number of anilines is 1. The Bertz CT molecular complexity index is 448. The van der Waals surface area contributed by atoms with Gasteiger partial charge >= 0.3 is 0 Å². The van der Waals surface area contributed by atoms with Crippen molar-refractivity contribution in [1.82, 2.24) is 0 Å². The molecule has 1 unspecified atom stereocenters. The zero-order valence-corrected chi connectivity index (χ0v) is 14.8. The molecule has 1 amide bonds. The first kappa shape index (κ1) is 18.0. The molecule has 0 saturated heterocycles. The summed E-state index contributed by atoms with van der Waals surface area (Å²) in [5, 5.41) is 3.74. The van der Waals surface area contributed by atoms with Crippen LogP contribution in [0.5, 0.6) is 5.75 Å². The lowest BCUT2D eigenvalue weighted by atomic mass is 9.98. The molecule has 0 aliphatic heterocycles. The second-order valence-corrected chi connectivity index (χ2v) is 5.69. The highest BCUT2D eigenvalue weighted by Crippen LogP contribution is 2.26. The van der Waals surface area contributed by atoms with Gasteiger partial charge in [0.1, 0.15) is 5.75 Å². The topological polar surface area (TPSA) is 38.3 Å². The van der Waals surface area contributed by atoms with Crippen molar-refractivity contribution in [2.24, 2.45) is 5.92 Å². The predicted octanol–water partition coefficient (Wildman–Crippen LogP) is 5.14. The molecule has 0 aliphatic carbocycles. The summed E-state index contributed by atoms with van der Waals surface area (Å²) in [6.45, 7) is 6.83. The highest BCUT2D eigenvalue weighted by molar-refractivity contribution is 9.08. The maximum atomic E-state index is 12.3. The van der Waals surface area contributed by atoms with E-state index in [4.69, 9.17) is 4.74 Å². The third-order valence-electron chi connectivity index (χ3n) is 3.54. The Morgan fingerprint density at radius 1 is 1.33 bits per heavy atom. The van der Waals surface area contributed by atoms with E-state index in [-0.39, 0.29) is 11.8 Å². The van der Waals surface area contributed by atoms with Gasteiger partial charge < -0.3 is 10.1 Å². The fraction of sp³-hybridized carbons (Fsp3) is 0.588. The highest BCUT2D eigenvalue weighted by atomic mass is 79.9. The Morgan fingerprint density at radius 3 is 2.67 bits per heavy atom. The molecule has 1 rings (SSSR count). The van der Waals surface area contributed by atoms with Crippen LogP contribution in [0.2, 0.25) is 0 Å². The minimum Gasteiger partial charge on any atom is -0.494 e. The summed E-state index contributed by atoms with van der Waals surface area (Å²) in [5.41, 5.74) is 1.89. The van der Waals surface area contributed by atoms with E-state index in [2.05, 4.69) is 35.1 Å². The molecule has 118 valence electrons. The minimum atomic E-state index is 0.101. The molecule has 1 aromatic rings. The van der Waals surface area contributed by atoms with Crippen molar-refractivity contribution in [3.05, 3.63) is 23.8 Å². The van der Waals surface area contributed by atoms with Crippen molar-refractivity contribution in [1.29, 1.82) is 0 Å². The number of ether oxygens (including phenoxy) is 1. The van der Waals surface area contributed by atoms with Gasteiger partial charge in [0.05, 0.1) is 6.61 Å². The zero-order valence-electron chi connectivity index (χ0n) is 13.2. The lowest BCUT2D eigenvalue weighted by molar-refractivity contribution is -0.120. The van der Waals surface area contributed by atoms with Crippen LogP contribution < -0.4 is 10.1 Å². The molecule has 0 aliphatic rings. The van der Waals surface area contributed by atoms with E-state index >= 15 is 0 Å². The molecule has 0 heterocycles. The second-order valence-electron chi connectivity index (χ2n) is 5.13. The first-order chi connectivity index (χ1) is 10.2. The van der Waals surface area contributed by atoms with E-state index in [0.29, 0.717) is 11.9 Å². The van der Waals surface area contributed by atoms with Crippen LogP contribution in [0.3, 0.4) is 0 Å². The van der Waals surface area contributed by atoms with Gasteiger partial charge in [0.2, 0.25) is 5.91 Å². The van der Waals surface area contributed by atoms with Crippen molar-refractivity contribution in [2.45, 2.75) is 51.8 Å². The molecule has 1 atom stereocenters. The van der Waals surface area contributed by atoms with Crippen molar-refractivity contribution in [3.63, 3.8) is 0 Å². The van der Waals surface area contributed by atoms with Gasteiger partial charge in [0, 0.05) is 22.5 Å². The standard InChI is InChI=1S/C17H26BrNO2/c1-4-7-8-13(5-2)17(20)19-15-9-10-16(21-6-3)14(11-15)12-18/h9-11,13H,4-8,12H2,1-3H3,(H,19,20). The number of benzene rings is 1. The lowest BCUT2D eigenvalue weighted by Gasteiger charge is -2.16. The lowest BCUT2D eigenvalue weighted by Crippen LogP contribution is -2.22. The Kier molecular flexibility index (Phi) is 8.43. The van der Waals surface area contributed by atoms with E-state index < -0.39 is 0 Å². The summed E-state index contributed by atoms with van der Waals surface area (Å²) in [7, 11) is 0. The third-order valence-corrected chi connectivity index (χ3v) is 4.15. The molecule has 0 saturated carbocycles. The van der Waals surface area contributed by atoms with Gasteiger partial charge in [-0.15, -0.1) is 0 Å². The van der Waals surface area contributed by atoms with Crippen LogP contribution in [0.25, 0.3) is 0 Å². The molecule has 1 N–H and O–H groups in total. The van der Waals surface area contributed by atoms with E-state index in [9.17, 15) is 4.79 Å². The molecule has 0 spiro atoms. The number of rotatable bonds is 9. The first-order valence-electron chi connectivity index (χ1n) is 7.78. The van der Waals surface area contributed by atoms with E-state index in [1.165, 1.54) is 0 Å². The SMILES string of the molecule is CCCCC(CC)C(=O)Nc1ccc(OCC)c(CBr)c1. The average Bonchev–Trinajstić information content (AvgIpc) is 2.49. The molecule has 0 aromatic heterocycles. The predicted molar refractivity (Wildman–Crippen MR) is 92.2 cm³/mol. The van der Waals surface area contributed by atoms with Crippen LogP contribution in [0.4, 0.5) is 5.69 Å². The van der Waals surface area contributed by atoms with Crippen molar-refractivity contribution < 1.29 is 9.53 Å². The number of halogens is 1. The summed E-state index contributed by atoms with van der Waals surface area (Å²) in [6, 6.07) is 5.80. The highest BCUT2D eigenvalue weighted by Gasteiger charge is 2.16.